The molecule has 0 saturated carbocycles. The van der Waals surface area contributed by atoms with Gasteiger partial charge in [0.25, 0.3) is 0 Å². The van der Waals surface area contributed by atoms with Crippen molar-refractivity contribution in [3.8, 4) is 6.07 Å². The Balaban J connectivity index is 2.32. The van der Waals surface area contributed by atoms with E-state index in [0.29, 0.717) is 17.1 Å². The van der Waals surface area contributed by atoms with Gasteiger partial charge in [-0.3, -0.25) is 4.79 Å². The molecule has 2 rings (SSSR count). The van der Waals surface area contributed by atoms with E-state index < -0.39 is 0 Å². The van der Waals surface area contributed by atoms with Crippen molar-refractivity contribution < 1.29 is 4.79 Å². The molecule has 0 spiro atoms. The van der Waals surface area contributed by atoms with Crippen LogP contribution < -0.4 is 5.32 Å². The van der Waals surface area contributed by atoms with Crippen LogP contribution in [0.4, 0.5) is 0 Å². The van der Waals surface area contributed by atoms with Crippen LogP contribution in [-0.2, 0) is 4.79 Å². The van der Waals surface area contributed by atoms with Crippen molar-refractivity contribution in [2.45, 2.75) is 18.9 Å². The number of benzene rings is 1. The summed E-state index contributed by atoms with van der Waals surface area (Å²) in [7, 11) is 0. The molecule has 0 aliphatic heterocycles. The molecule has 0 atom stereocenters. The SMILES string of the molecule is C=CCNC(=O)CSc1nc2c(C)c(C)ccc2cc1C#N. The summed E-state index contributed by atoms with van der Waals surface area (Å²) < 4.78 is 0. The van der Waals surface area contributed by atoms with E-state index in [0.717, 1.165) is 22.0 Å². The zero-order valence-corrected chi connectivity index (χ0v) is 13.5. The van der Waals surface area contributed by atoms with Gasteiger partial charge >= 0.3 is 0 Å². The van der Waals surface area contributed by atoms with E-state index in [2.05, 4.69) is 22.9 Å². The molecule has 1 amide bonds. The summed E-state index contributed by atoms with van der Waals surface area (Å²) in [5, 5.41) is 13.5. The normalized spacial score (nSPS) is 10.2. The summed E-state index contributed by atoms with van der Waals surface area (Å²) in [5.74, 6) is 0.128. The highest BCUT2D eigenvalue weighted by atomic mass is 32.2. The number of amides is 1. The van der Waals surface area contributed by atoms with Gasteiger partial charge in [-0.2, -0.15) is 5.26 Å². The number of thioether (sulfide) groups is 1. The molecule has 22 heavy (non-hydrogen) atoms. The third-order valence-corrected chi connectivity index (χ3v) is 4.37. The molecule has 4 nitrogen and oxygen atoms in total. The third-order valence-electron chi connectivity index (χ3n) is 3.38. The summed E-state index contributed by atoms with van der Waals surface area (Å²) in [6.45, 7) is 8.04. The lowest BCUT2D eigenvalue weighted by Gasteiger charge is -2.09. The van der Waals surface area contributed by atoms with Gasteiger partial charge in [0.15, 0.2) is 0 Å². The summed E-state index contributed by atoms with van der Waals surface area (Å²) in [6, 6.07) is 7.98. The molecule has 1 heterocycles. The van der Waals surface area contributed by atoms with E-state index in [9.17, 15) is 10.1 Å². The molecule has 2 aromatic rings. The zero-order chi connectivity index (χ0) is 16.1. The molecular formula is C17H17N3OS. The first-order valence-corrected chi connectivity index (χ1v) is 7.86. The van der Waals surface area contributed by atoms with Crippen LogP contribution in [0.3, 0.4) is 0 Å². The maximum absolute atomic E-state index is 11.7. The first kappa shape index (κ1) is 16.1. The molecule has 1 aromatic heterocycles. The van der Waals surface area contributed by atoms with Crippen molar-refractivity contribution in [1.82, 2.24) is 10.3 Å². The Kier molecular flexibility index (Phi) is 5.18. The first-order chi connectivity index (χ1) is 10.6. The van der Waals surface area contributed by atoms with Crippen LogP contribution in [-0.4, -0.2) is 23.2 Å². The lowest BCUT2D eigenvalue weighted by Crippen LogP contribution is -2.25. The number of fused-ring (bicyclic) bond motifs is 1. The van der Waals surface area contributed by atoms with Gasteiger partial charge < -0.3 is 5.32 Å². The van der Waals surface area contributed by atoms with Gasteiger partial charge in [-0.25, -0.2) is 4.98 Å². The molecule has 5 heteroatoms. The van der Waals surface area contributed by atoms with Gasteiger partial charge in [0.1, 0.15) is 11.1 Å². The number of nitriles is 1. The second-order valence-corrected chi connectivity index (χ2v) is 5.88. The molecule has 112 valence electrons. The molecule has 1 aromatic carbocycles. The summed E-state index contributed by atoms with van der Waals surface area (Å²) >= 11 is 1.28. The quantitative estimate of drug-likeness (QED) is 0.680. The largest absolute Gasteiger partial charge is 0.352 e. The van der Waals surface area contributed by atoms with E-state index in [1.165, 1.54) is 11.8 Å². The van der Waals surface area contributed by atoms with Crippen LogP contribution in [0.5, 0.6) is 0 Å². The number of aromatic nitrogens is 1. The average Bonchev–Trinajstić information content (AvgIpc) is 2.53. The smallest absolute Gasteiger partial charge is 0.230 e. The Morgan fingerprint density at radius 3 is 2.95 bits per heavy atom. The van der Waals surface area contributed by atoms with Crippen molar-refractivity contribution in [2.75, 3.05) is 12.3 Å². The number of aryl methyl sites for hydroxylation is 2. The Hall–Kier alpha value is -2.32. The molecule has 0 saturated heterocycles. The van der Waals surface area contributed by atoms with E-state index in [-0.39, 0.29) is 11.7 Å². The highest BCUT2D eigenvalue weighted by Gasteiger charge is 2.11. The predicted molar refractivity (Wildman–Crippen MR) is 89.9 cm³/mol. The Morgan fingerprint density at radius 1 is 1.50 bits per heavy atom. The Morgan fingerprint density at radius 2 is 2.27 bits per heavy atom. The molecule has 0 fully saturated rings. The monoisotopic (exact) mass is 311 g/mol. The number of rotatable bonds is 5. The first-order valence-electron chi connectivity index (χ1n) is 6.88. The number of carbonyl (C=O) groups excluding carboxylic acids is 1. The maximum Gasteiger partial charge on any atom is 0.230 e. The number of nitrogens with one attached hydrogen (secondary N) is 1. The van der Waals surface area contributed by atoms with Crippen molar-refractivity contribution in [2.24, 2.45) is 0 Å². The van der Waals surface area contributed by atoms with Crippen molar-refractivity contribution in [3.05, 3.63) is 47.5 Å². The van der Waals surface area contributed by atoms with Gasteiger partial charge in [0.2, 0.25) is 5.91 Å². The number of carbonyl (C=O) groups is 1. The van der Waals surface area contributed by atoms with Crippen LogP contribution in [0.15, 0.2) is 35.9 Å². The number of pyridine rings is 1. The lowest BCUT2D eigenvalue weighted by molar-refractivity contribution is -0.118. The fourth-order valence-electron chi connectivity index (χ4n) is 2.03. The predicted octanol–water partition coefficient (Wildman–Crippen LogP) is 3.12. The molecule has 0 aliphatic rings. The maximum atomic E-state index is 11.7. The number of hydrogen-bond acceptors (Lipinski definition) is 4. The minimum atomic E-state index is -0.100. The Bertz CT molecular complexity index is 778. The van der Waals surface area contributed by atoms with Crippen LogP contribution in [0.1, 0.15) is 16.7 Å². The van der Waals surface area contributed by atoms with Crippen molar-refractivity contribution in [3.63, 3.8) is 0 Å². The van der Waals surface area contributed by atoms with Crippen LogP contribution in [0.25, 0.3) is 10.9 Å². The molecule has 0 unspecified atom stereocenters. The fraction of sp³-hybridized carbons (Fsp3) is 0.235. The molecular weight excluding hydrogens is 294 g/mol. The number of hydrogen-bond donors (Lipinski definition) is 1. The lowest BCUT2D eigenvalue weighted by atomic mass is 10.0. The molecule has 0 aliphatic carbocycles. The minimum absolute atomic E-state index is 0.100. The molecule has 1 N–H and O–H groups in total. The van der Waals surface area contributed by atoms with E-state index in [4.69, 9.17) is 0 Å². The van der Waals surface area contributed by atoms with E-state index >= 15 is 0 Å². The fourth-order valence-corrected chi connectivity index (χ4v) is 2.81. The summed E-state index contributed by atoms with van der Waals surface area (Å²) in [5.41, 5.74) is 3.63. The van der Waals surface area contributed by atoms with Crippen LogP contribution in [0.2, 0.25) is 0 Å². The standard InChI is InChI=1S/C17H17N3OS/c1-4-7-19-15(21)10-22-17-14(9-18)8-13-6-5-11(2)12(3)16(13)20-17/h4-6,8H,1,7,10H2,2-3H3,(H,19,21). The van der Waals surface area contributed by atoms with Gasteiger partial charge in [-0.05, 0) is 31.0 Å². The van der Waals surface area contributed by atoms with Gasteiger partial charge in [-0.1, -0.05) is 30.0 Å². The van der Waals surface area contributed by atoms with Crippen molar-refractivity contribution >= 4 is 28.6 Å². The van der Waals surface area contributed by atoms with E-state index in [1.807, 2.05) is 32.0 Å². The van der Waals surface area contributed by atoms with Gasteiger partial charge in [0, 0.05) is 11.9 Å². The summed E-state index contributed by atoms with van der Waals surface area (Å²) in [4.78, 5) is 16.3. The topological polar surface area (TPSA) is 65.8 Å². The van der Waals surface area contributed by atoms with Gasteiger partial charge in [0.05, 0.1) is 16.8 Å². The number of nitrogens with zero attached hydrogens (tertiary/aromatic N) is 2. The minimum Gasteiger partial charge on any atom is -0.352 e. The highest BCUT2D eigenvalue weighted by Crippen LogP contribution is 2.27. The molecule has 0 radical (unpaired) electrons. The second kappa shape index (κ2) is 7.10. The second-order valence-electron chi connectivity index (χ2n) is 4.91. The van der Waals surface area contributed by atoms with Crippen LogP contribution in [0, 0.1) is 25.2 Å². The van der Waals surface area contributed by atoms with Gasteiger partial charge in [-0.15, -0.1) is 6.58 Å². The third kappa shape index (κ3) is 3.46. The average molecular weight is 311 g/mol. The Labute approximate surface area is 134 Å². The van der Waals surface area contributed by atoms with Crippen LogP contribution >= 0.6 is 11.8 Å². The highest BCUT2D eigenvalue weighted by molar-refractivity contribution is 8.00. The van der Waals surface area contributed by atoms with E-state index in [1.54, 1.807) is 6.08 Å². The molecule has 0 bridgehead atoms. The summed E-state index contributed by atoms with van der Waals surface area (Å²) in [6.07, 6.45) is 1.63. The van der Waals surface area contributed by atoms with Crippen molar-refractivity contribution in [1.29, 1.82) is 5.26 Å². The zero-order valence-electron chi connectivity index (χ0n) is 12.6.